The monoisotopic (exact) mass is 360 g/mol. The summed E-state index contributed by atoms with van der Waals surface area (Å²) < 4.78 is 10.9. The van der Waals surface area contributed by atoms with E-state index in [0.717, 1.165) is 19.3 Å². The minimum atomic E-state index is -0.349. The van der Waals surface area contributed by atoms with Gasteiger partial charge < -0.3 is 9.47 Å². The summed E-state index contributed by atoms with van der Waals surface area (Å²) in [4.78, 5) is 23.8. The first kappa shape index (κ1) is 19.2. The Morgan fingerprint density at radius 3 is 2.73 bits per heavy atom. The first-order valence-electron chi connectivity index (χ1n) is 9.86. The van der Waals surface area contributed by atoms with Gasteiger partial charge in [-0.1, -0.05) is 39.3 Å². The molecule has 0 spiro atoms. The van der Waals surface area contributed by atoms with Crippen LogP contribution in [0.3, 0.4) is 0 Å². The molecule has 0 bridgehead atoms. The van der Waals surface area contributed by atoms with Gasteiger partial charge in [-0.25, -0.2) is 4.79 Å². The van der Waals surface area contributed by atoms with Gasteiger partial charge in [0.1, 0.15) is 12.7 Å². The summed E-state index contributed by atoms with van der Waals surface area (Å²) in [6.07, 6.45) is 7.54. The molecule has 1 heterocycles. The van der Waals surface area contributed by atoms with Crippen molar-refractivity contribution in [3.05, 3.63) is 23.8 Å². The summed E-state index contributed by atoms with van der Waals surface area (Å²) in [5.41, 5.74) is 2.11. The molecule has 3 rings (SSSR count). The first-order valence-corrected chi connectivity index (χ1v) is 9.86. The molecule has 0 amide bonds. The predicted molar refractivity (Wildman–Crippen MR) is 100 cm³/mol. The van der Waals surface area contributed by atoms with Gasteiger partial charge in [0.05, 0.1) is 0 Å². The van der Waals surface area contributed by atoms with Gasteiger partial charge in [0.15, 0.2) is 0 Å². The van der Waals surface area contributed by atoms with Crippen LogP contribution in [0.2, 0.25) is 0 Å². The van der Waals surface area contributed by atoms with Crippen molar-refractivity contribution in [1.29, 1.82) is 0 Å². The molecule has 144 valence electrons. The van der Waals surface area contributed by atoms with Crippen LogP contribution in [-0.2, 0) is 19.1 Å². The molecule has 2 fully saturated rings. The van der Waals surface area contributed by atoms with Crippen molar-refractivity contribution in [3.8, 4) is 0 Å². The molecule has 4 heteroatoms. The highest BCUT2D eigenvalue weighted by atomic mass is 16.5. The van der Waals surface area contributed by atoms with Crippen molar-refractivity contribution in [2.45, 2.75) is 72.3 Å². The Labute approximate surface area is 157 Å². The molecule has 0 aromatic carbocycles. The average molecular weight is 360 g/mol. The van der Waals surface area contributed by atoms with Crippen LogP contribution in [0, 0.1) is 22.7 Å². The molecule has 0 N–H and O–H groups in total. The Bertz CT molecular complexity index is 645. The molecule has 0 aromatic rings. The van der Waals surface area contributed by atoms with E-state index < -0.39 is 0 Å². The van der Waals surface area contributed by atoms with Crippen LogP contribution in [0.1, 0.15) is 66.2 Å². The largest absolute Gasteiger partial charge is 0.462 e. The van der Waals surface area contributed by atoms with Gasteiger partial charge in [-0.3, -0.25) is 4.79 Å². The molecule has 2 aliphatic carbocycles. The first-order chi connectivity index (χ1) is 12.1. The Morgan fingerprint density at radius 2 is 2.12 bits per heavy atom. The third kappa shape index (κ3) is 3.35. The topological polar surface area (TPSA) is 52.6 Å². The predicted octanol–water partition coefficient (Wildman–Crippen LogP) is 4.59. The van der Waals surface area contributed by atoms with Crippen LogP contribution >= 0.6 is 0 Å². The van der Waals surface area contributed by atoms with E-state index in [1.54, 1.807) is 0 Å². The molecule has 1 aliphatic heterocycles. The minimum absolute atomic E-state index is 0.0419. The van der Waals surface area contributed by atoms with Gasteiger partial charge in [0.2, 0.25) is 0 Å². The number of hydrogen-bond donors (Lipinski definition) is 0. The number of rotatable bonds is 4. The van der Waals surface area contributed by atoms with Crippen LogP contribution in [0.4, 0.5) is 0 Å². The minimum Gasteiger partial charge on any atom is -0.462 e. The summed E-state index contributed by atoms with van der Waals surface area (Å²) in [7, 11) is 0. The number of hydrogen-bond acceptors (Lipinski definition) is 4. The Balaban J connectivity index is 1.95. The third-order valence-electron chi connectivity index (χ3n) is 7.10. The summed E-state index contributed by atoms with van der Waals surface area (Å²) in [6.45, 7) is 13.2. The number of cyclic esters (lactones) is 1. The number of esters is 2. The van der Waals surface area contributed by atoms with E-state index in [9.17, 15) is 9.59 Å². The molecule has 0 radical (unpaired) electrons. The second kappa shape index (κ2) is 6.86. The lowest BCUT2D eigenvalue weighted by Gasteiger charge is -2.59. The summed E-state index contributed by atoms with van der Waals surface area (Å²) in [5.74, 6) is 0.0747. The molecule has 0 saturated heterocycles. The van der Waals surface area contributed by atoms with Gasteiger partial charge in [-0.05, 0) is 48.5 Å². The Hall–Kier alpha value is -1.58. The van der Waals surface area contributed by atoms with Crippen molar-refractivity contribution in [3.63, 3.8) is 0 Å². The van der Waals surface area contributed by atoms with E-state index in [2.05, 4.69) is 27.4 Å². The molecule has 2 saturated carbocycles. The maximum Gasteiger partial charge on any atom is 0.334 e. The molecule has 3 aliphatic rings. The fourth-order valence-corrected chi connectivity index (χ4v) is 6.12. The van der Waals surface area contributed by atoms with Crippen molar-refractivity contribution in [2.75, 3.05) is 6.61 Å². The van der Waals surface area contributed by atoms with Gasteiger partial charge in [0.25, 0.3) is 0 Å². The second-order valence-electron chi connectivity index (χ2n) is 9.25. The third-order valence-corrected chi connectivity index (χ3v) is 7.10. The zero-order valence-electron chi connectivity index (χ0n) is 16.6. The van der Waals surface area contributed by atoms with E-state index in [4.69, 9.17) is 9.47 Å². The molecule has 26 heavy (non-hydrogen) atoms. The Kier molecular flexibility index (Phi) is 5.06. The van der Waals surface area contributed by atoms with E-state index in [-0.39, 0.29) is 34.8 Å². The molecular weight excluding hydrogens is 328 g/mol. The molecule has 4 nitrogen and oxygen atoms in total. The van der Waals surface area contributed by atoms with Gasteiger partial charge in [0, 0.05) is 24.8 Å². The summed E-state index contributed by atoms with van der Waals surface area (Å²) >= 11 is 0. The highest BCUT2D eigenvalue weighted by molar-refractivity contribution is 5.90. The smallest absolute Gasteiger partial charge is 0.334 e. The summed E-state index contributed by atoms with van der Waals surface area (Å²) in [5, 5.41) is 0. The number of ether oxygens (including phenoxy) is 2. The Morgan fingerprint density at radius 1 is 1.38 bits per heavy atom. The normalized spacial score (nSPS) is 34.5. The maximum absolute atomic E-state index is 12.0. The van der Waals surface area contributed by atoms with Crippen LogP contribution in [0.25, 0.3) is 0 Å². The quantitative estimate of drug-likeness (QED) is 0.543. The van der Waals surface area contributed by atoms with Crippen LogP contribution < -0.4 is 0 Å². The fraction of sp³-hybridized carbons (Fsp3) is 0.727. The van der Waals surface area contributed by atoms with Gasteiger partial charge in [-0.2, -0.15) is 0 Å². The number of fused-ring (bicyclic) bond motifs is 1. The lowest BCUT2D eigenvalue weighted by Crippen LogP contribution is -2.53. The van der Waals surface area contributed by atoms with Crippen molar-refractivity contribution < 1.29 is 19.1 Å². The lowest BCUT2D eigenvalue weighted by molar-refractivity contribution is -0.157. The molecule has 4 atom stereocenters. The van der Waals surface area contributed by atoms with Crippen molar-refractivity contribution >= 4 is 11.9 Å². The van der Waals surface area contributed by atoms with Crippen molar-refractivity contribution in [2.24, 2.45) is 22.7 Å². The second-order valence-corrected chi connectivity index (χ2v) is 9.25. The van der Waals surface area contributed by atoms with Crippen LogP contribution in [0.15, 0.2) is 23.8 Å². The maximum atomic E-state index is 12.0. The van der Waals surface area contributed by atoms with E-state index in [1.807, 2.05) is 6.08 Å². The molecule has 0 aromatic heterocycles. The van der Waals surface area contributed by atoms with E-state index >= 15 is 0 Å². The fourth-order valence-electron chi connectivity index (χ4n) is 6.12. The zero-order valence-corrected chi connectivity index (χ0v) is 16.6. The standard InChI is InChI=1S/C22H32O4/c1-14-7-8-18-21(3,4)10-6-11-22(18,5)19(14)17(26-15(2)23)13-16-9-12-25-20(16)24/h9,17-19H,1,6-8,10-13H2,2-5H3/t17?,18-,19+,22-/m0/s1. The average Bonchev–Trinajstić information content (AvgIpc) is 2.90. The van der Waals surface area contributed by atoms with Gasteiger partial charge in [-0.15, -0.1) is 0 Å². The highest BCUT2D eigenvalue weighted by Crippen LogP contribution is 2.62. The van der Waals surface area contributed by atoms with E-state index in [1.165, 1.54) is 25.3 Å². The van der Waals surface area contributed by atoms with Crippen LogP contribution in [0.5, 0.6) is 0 Å². The van der Waals surface area contributed by atoms with Crippen LogP contribution in [-0.4, -0.2) is 24.6 Å². The molecular formula is C22H32O4. The van der Waals surface area contributed by atoms with Gasteiger partial charge >= 0.3 is 11.9 Å². The number of carbonyl (C=O) groups is 2. The highest BCUT2D eigenvalue weighted by Gasteiger charge is 2.55. The van der Waals surface area contributed by atoms with E-state index in [0.29, 0.717) is 24.5 Å². The zero-order chi connectivity index (χ0) is 19.1. The summed E-state index contributed by atoms with van der Waals surface area (Å²) in [6, 6.07) is 0. The SMILES string of the molecule is C=C1CC[C@H]2C(C)(C)CCC[C@]2(C)[C@H]1C(CC1=CCOC1=O)OC(C)=O. The van der Waals surface area contributed by atoms with Crippen molar-refractivity contribution in [1.82, 2.24) is 0 Å². The number of carbonyl (C=O) groups excluding carboxylic acids is 2. The lowest BCUT2D eigenvalue weighted by atomic mass is 9.46. The molecule has 1 unspecified atom stereocenters.